The molecule has 51 heavy (non-hydrogen) atoms. The molecule has 1 saturated heterocycles. The number of H-pyrrole nitrogens is 1. The molecule has 7 atom stereocenters. The molecule has 1 aromatic heterocycles. The fourth-order valence-electron chi connectivity index (χ4n) is 6.36. The number of aromatic amines is 1. The second-order valence-electron chi connectivity index (χ2n) is 13.5. The number of nitrogens with one attached hydrogen (secondary N) is 7. The van der Waals surface area contributed by atoms with Crippen molar-refractivity contribution >= 4 is 64.0 Å². The molecule has 3 aliphatic heterocycles. The van der Waals surface area contributed by atoms with Gasteiger partial charge in [0.05, 0.1) is 23.8 Å². The molecule has 1 aromatic carbocycles. The Morgan fingerprint density at radius 2 is 1.57 bits per heavy atom. The first-order chi connectivity index (χ1) is 24.2. The maximum atomic E-state index is 14.1. The Balaban J connectivity index is 1.64. The zero-order valence-corrected chi connectivity index (χ0v) is 29.4. The van der Waals surface area contributed by atoms with Gasteiger partial charge in [0.25, 0.3) is 0 Å². The molecule has 2 unspecified atom stereocenters. The van der Waals surface area contributed by atoms with Gasteiger partial charge in [0, 0.05) is 36.0 Å². The molecule has 7 amide bonds. The first-order valence-electron chi connectivity index (χ1n) is 16.8. The van der Waals surface area contributed by atoms with E-state index in [0.29, 0.717) is 34.3 Å². The van der Waals surface area contributed by atoms with Crippen LogP contribution in [0.1, 0.15) is 45.6 Å². The molecule has 276 valence electrons. The van der Waals surface area contributed by atoms with E-state index in [1.807, 2.05) is 18.2 Å². The molecule has 5 rings (SSSR count). The number of fused-ring (bicyclic) bond motifs is 5. The van der Waals surface area contributed by atoms with E-state index in [-0.39, 0.29) is 18.7 Å². The molecule has 4 heterocycles. The number of rotatable bonds is 3. The second kappa shape index (κ2) is 15.7. The zero-order chi connectivity index (χ0) is 37.0. The Hall–Kier alpha value is -4.68. The maximum absolute atomic E-state index is 14.1. The number of carbonyl (C=O) groups is 7. The van der Waals surface area contributed by atoms with Crippen LogP contribution in [0, 0.1) is 0 Å². The molecule has 0 radical (unpaired) electrons. The minimum absolute atomic E-state index is 0.00752. The van der Waals surface area contributed by atoms with Gasteiger partial charge >= 0.3 is 0 Å². The second-order valence-corrected chi connectivity index (χ2v) is 14.5. The van der Waals surface area contributed by atoms with Crippen molar-refractivity contribution in [2.24, 2.45) is 0 Å². The topological polar surface area (TPSA) is 251 Å². The Labute approximate surface area is 297 Å². The molecule has 1 fully saturated rings. The van der Waals surface area contributed by atoms with Gasteiger partial charge in [0.1, 0.15) is 36.3 Å². The summed E-state index contributed by atoms with van der Waals surface area (Å²) in [6, 6.07) is 0.0162. The summed E-state index contributed by atoms with van der Waals surface area (Å²) in [5, 5.41) is 37.3. The summed E-state index contributed by atoms with van der Waals surface area (Å²) in [6.07, 6.45) is 0.252. The Kier molecular flexibility index (Phi) is 11.6. The first-order valence-corrected chi connectivity index (χ1v) is 17.8. The molecule has 0 aliphatic carbocycles. The highest BCUT2D eigenvalue weighted by atomic mass is 32.2. The lowest BCUT2D eigenvalue weighted by Crippen LogP contribution is -2.60. The molecule has 2 bridgehead atoms. The van der Waals surface area contributed by atoms with E-state index >= 15 is 0 Å². The van der Waals surface area contributed by atoms with Crippen LogP contribution in [0.4, 0.5) is 0 Å². The van der Waals surface area contributed by atoms with Crippen LogP contribution in [-0.2, 0) is 40.0 Å². The average Bonchev–Trinajstić information content (AvgIpc) is 3.72. The quantitative estimate of drug-likeness (QED) is 0.161. The summed E-state index contributed by atoms with van der Waals surface area (Å²) in [6.45, 7) is 3.00. The van der Waals surface area contributed by atoms with Crippen molar-refractivity contribution < 1.29 is 43.8 Å². The third-order valence-corrected chi connectivity index (χ3v) is 10.4. The number of hydrogen-bond donors (Lipinski definition) is 9. The lowest BCUT2D eigenvalue weighted by atomic mass is 9.96. The Morgan fingerprint density at radius 3 is 2.31 bits per heavy atom. The Morgan fingerprint density at radius 1 is 0.863 bits per heavy atom. The van der Waals surface area contributed by atoms with Crippen molar-refractivity contribution in [3.05, 3.63) is 29.8 Å². The smallest absolute Gasteiger partial charge is 0.246 e. The fraction of sp³-hybridized carbons (Fsp3) is 0.545. The Bertz CT molecular complexity index is 1710. The van der Waals surface area contributed by atoms with Gasteiger partial charge in [-0.15, -0.1) is 11.8 Å². The van der Waals surface area contributed by atoms with Gasteiger partial charge in [-0.1, -0.05) is 18.2 Å². The lowest BCUT2D eigenvalue weighted by Gasteiger charge is -2.29. The number of para-hydroxylation sites is 1. The lowest BCUT2D eigenvalue weighted by molar-refractivity contribution is -0.141. The molecule has 0 spiro atoms. The molecule has 0 saturated carbocycles. The molecule has 9 N–H and O–H groups in total. The summed E-state index contributed by atoms with van der Waals surface area (Å²) in [5.41, 5.74) is -0.528. The fourth-order valence-corrected chi connectivity index (χ4v) is 7.47. The maximum Gasteiger partial charge on any atom is 0.246 e. The van der Waals surface area contributed by atoms with Crippen molar-refractivity contribution in [2.45, 2.75) is 93.3 Å². The minimum atomic E-state index is -1.83. The number of nitrogens with zero attached hydrogens (tertiary/aromatic N) is 1. The number of amides is 7. The molecular formula is C33H44N8O9S. The van der Waals surface area contributed by atoms with Crippen molar-refractivity contribution in [1.29, 1.82) is 0 Å². The summed E-state index contributed by atoms with van der Waals surface area (Å²) >= 11 is 1.20. The number of thioether (sulfide) groups is 1. The molecule has 18 heteroatoms. The van der Waals surface area contributed by atoms with Crippen molar-refractivity contribution in [1.82, 2.24) is 41.8 Å². The van der Waals surface area contributed by atoms with Crippen molar-refractivity contribution in [3.63, 3.8) is 0 Å². The zero-order valence-electron chi connectivity index (χ0n) is 28.5. The number of aliphatic hydroxyl groups excluding tert-OH is 1. The van der Waals surface area contributed by atoms with E-state index in [1.54, 1.807) is 6.07 Å². The average molecular weight is 729 g/mol. The first kappa shape index (κ1) is 37.6. The van der Waals surface area contributed by atoms with E-state index in [2.05, 4.69) is 36.9 Å². The minimum Gasteiger partial charge on any atom is -0.393 e. The van der Waals surface area contributed by atoms with Crippen LogP contribution in [0.5, 0.6) is 0 Å². The van der Waals surface area contributed by atoms with Crippen molar-refractivity contribution in [3.8, 4) is 0 Å². The van der Waals surface area contributed by atoms with E-state index in [1.165, 1.54) is 37.4 Å². The van der Waals surface area contributed by atoms with Crippen LogP contribution in [0.15, 0.2) is 29.3 Å². The van der Waals surface area contributed by atoms with Crippen LogP contribution in [0.3, 0.4) is 0 Å². The third kappa shape index (κ3) is 8.80. The predicted molar refractivity (Wildman–Crippen MR) is 184 cm³/mol. The highest BCUT2D eigenvalue weighted by Gasteiger charge is 2.40. The summed E-state index contributed by atoms with van der Waals surface area (Å²) in [4.78, 5) is 99.6. The van der Waals surface area contributed by atoms with Gasteiger partial charge in [-0.05, 0) is 45.2 Å². The van der Waals surface area contributed by atoms with Gasteiger partial charge in [-0.25, -0.2) is 0 Å². The summed E-state index contributed by atoms with van der Waals surface area (Å²) in [5.74, 6) is -4.94. The van der Waals surface area contributed by atoms with Gasteiger partial charge < -0.3 is 52.0 Å². The van der Waals surface area contributed by atoms with Gasteiger partial charge in [0.15, 0.2) is 0 Å². The number of hydrogen-bond acceptors (Lipinski definition) is 10. The molecule has 2 aromatic rings. The van der Waals surface area contributed by atoms with E-state index in [4.69, 9.17) is 0 Å². The third-order valence-electron chi connectivity index (χ3n) is 9.23. The summed E-state index contributed by atoms with van der Waals surface area (Å²) < 4.78 is 0. The van der Waals surface area contributed by atoms with Gasteiger partial charge in [-0.3, -0.25) is 33.6 Å². The molecule has 3 aliphatic rings. The van der Waals surface area contributed by atoms with Crippen LogP contribution in [-0.4, -0.2) is 129 Å². The number of aliphatic hydroxyl groups is 2. The number of carbonyl (C=O) groups excluding carboxylic acids is 7. The number of aromatic nitrogens is 1. The highest BCUT2D eigenvalue weighted by Crippen LogP contribution is 2.32. The van der Waals surface area contributed by atoms with Crippen LogP contribution in [0.25, 0.3) is 10.9 Å². The van der Waals surface area contributed by atoms with Crippen LogP contribution in [0.2, 0.25) is 0 Å². The standard InChI is InChI=1S/C33H44N8O9S/c1-16-26(44)34-13-25(43)37-23-14-51-31-19(18-7-4-5-8-20(18)40-31)11-21(28(46)39-22(29(47)35-16)12-33(3,50)15-42)38-27(45)17(2)36-30(48)24-9-6-10-41(24)32(23)49/h4-5,7-8,16-17,21-24,40,42,50H,6,9-15H2,1-3H3,(H,34,44)(H,35,47)(H,36,48)(H,37,43)(H,38,45)(H,39,46)/t16?,17-,21-,22?,23+,24-,33+/m0/s1. The molecule has 17 nitrogen and oxygen atoms in total. The van der Waals surface area contributed by atoms with E-state index < -0.39 is 103 Å². The normalized spacial score (nSPS) is 28.6. The SMILES string of the molecule is CC1NC(=O)C(C[C@@](C)(O)CO)NC(=O)[C@@H]2Cc3c([nH]c4ccccc34)SC[C@@H](NC(=O)CNC1=O)C(=O)N1CCC[C@H]1C(=O)N[C@@H](C)C(=O)N2. The van der Waals surface area contributed by atoms with Gasteiger partial charge in [0.2, 0.25) is 41.4 Å². The molecular weight excluding hydrogens is 684 g/mol. The number of benzene rings is 1. The summed E-state index contributed by atoms with van der Waals surface area (Å²) in [7, 11) is 0. The van der Waals surface area contributed by atoms with Crippen molar-refractivity contribution in [2.75, 3.05) is 25.4 Å². The monoisotopic (exact) mass is 728 g/mol. The van der Waals surface area contributed by atoms with Crippen LogP contribution >= 0.6 is 11.8 Å². The van der Waals surface area contributed by atoms with Crippen LogP contribution < -0.4 is 31.9 Å². The predicted octanol–water partition coefficient (Wildman–Crippen LogP) is -2.47. The largest absolute Gasteiger partial charge is 0.393 e. The van der Waals surface area contributed by atoms with Gasteiger partial charge in [-0.2, -0.15) is 0 Å². The van der Waals surface area contributed by atoms with E-state index in [9.17, 15) is 43.8 Å². The highest BCUT2D eigenvalue weighted by molar-refractivity contribution is 7.99. The van der Waals surface area contributed by atoms with E-state index in [0.717, 1.165) is 0 Å².